The molecule has 0 spiro atoms. The van der Waals surface area contributed by atoms with Gasteiger partial charge in [-0.25, -0.2) is 8.42 Å². The Kier molecular flexibility index (Phi) is 6.27. The number of methoxy groups -OCH3 is 1. The average Bonchev–Trinajstić information content (AvgIpc) is 2.91. The van der Waals surface area contributed by atoms with Crippen LogP contribution < -0.4 is 10.1 Å². The molecule has 114 valence electrons. The number of ether oxygens (including phenoxy) is 1. The topological polar surface area (TPSA) is 58.6 Å². The molecule has 1 heterocycles. The Morgan fingerprint density at radius 1 is 1.45 bits per heavy atom. The van der Waals surface area contributed by atoms with Crippen LogP contribution in [0.1, 0.15) is 6.42 Å². The highest BCUT2D eigenvalue weighted by atomic mass is 79.9. The summed E-state index contributed by atoms with van der Waals surface area (Å²) in [4.78, 5) is 0.252. The molecule has 1 saturated heterocycles. The minimum Gasteiger partial charge on any atom is -0.496 e. The first kappa shape index (κ1) is 17.7. The molecular weight excluding hydrogens is 368 g/mol. The summed E-state index contributed by atoms with van der Waals surface area (Å²) in [5, 5.41) is 3.17. The first-order valence-electron chi connectivity index (χ1n) is 5.99. The molecule has 1 unspecified atom stereocenters. The molecule has 1 aliphatic rings. The number of nitrogens with zero attached hydrogens (tertiary/aromatic N) is 1. The number of nitrogens with one attached hydrogen (secondary N) is 1. The van der Waals surface area contributed by atoms with Gasteiger partial charge in [-0.2, -0.15) is 4.31 Å². The Morgan fingerprint density at radius 3 is 2.70 bits per heavy atom. The van der Waals surface area contributed by atoms with Gasteiger partial charge in [0.25, 0.3) is 0 Å². The molecule has 0 bridgehead atoms. The lowest BCUT2D eigenvalue weighted by Crippen LogP contribution is -2.38. The van der Waals surface area contributed by atoms with E-state index < -0.39 is 10.0 Å². The minimum atomic E-state index is -3.48. The average molecular weight is 386 g/mol. The second-order valence-corrected chi connectivity index (χ2v) is 7.32. The van der Waals surface area contributed by atoms with Gasteiger partial charge in [0.1, 0.15) is 5.75 Å². The van der Waals surface area contributed by atoms with E-state index in [1.54, 1.807) is 19.2 Å². The lowest BCUT2D eigenvalue weighted by molar-refractivity contribution is 0.386. The lowest BCUT2D eigenvalue weighted by Gasteiger charge is -2.23. The van der Waals surface area contributed by atoms with E-state index in [1.165, 1.54) is 17.5 Å². The number of hydrogen-bond donors (Lipinski definition) is 1. The highest BCUT2D eigenvalue weighted by molar-refractivity contribution is 9.10. The maximum absolute atomic E-state index is 12.5. The van der Waals surface area contributed by atoms with E-state index in [-0.39, 0.29) is 23.3 Å². The van der Waals surface area contributed by atoms with Gasteiger partial charge in [0.2, 0.25) is 10.0 Å². The van der Waals surface area contributed by atoms with Crippen LogP contribution in [0.4, 0.5) is 0 Å². The van der Waals surface area contributed by atoms with E-state index in [0.717, 1.165) is 17.4 Å². The Balaban J connectivity index is 0.00000200. The van der Waals surface area contributed by atoms with Gasteiger partial charge in [-0.15, -0.1) is 12.4 Å². The number of hydrogen-bond acceptors (Lipinski definition) is 4. The summed E-state index contributed by atoms with van der Waals surface area (Å²) < 4.78 is 32.4. The predicted molar refractivity (Wildman–Crippen MR) is 84.2 cm³/mol. The molecule has 0 saturated carbocycles. The normalized spacial score (nSPS) is 18.9. The van der Waals surface area contributed by atoms with Crippen LogP contribution in [0.2, 0.25) is 0 Å². The van der Waals surface area contributed by atoms with Gasteiger partial charge in [-0.3, -0.25) is 0 Å². The third kappa shape index (κ3) is 3.46. The van der Waals surface area contributed by atoms with E-state index in [1.807, 2.05) is 0 Å². The lowest BCUT2D eigenvalue weighted by atomic mass is 10.3. The molecule has 2 rings (SSSR count). The van der Waals surface area contributed by atoms with E-state index in [0.29, 0.717) is 12.3 Å². The van der Waals surface area contributed by atoms with Gasteiger partial charge in [0.15, 0.2) is 0 Å². The molecule has 8 heteroatoms. The highest BCUT2D eigenvalue weighted by Gasteiger charge is 2.30. The Morgan fingerprint density at radius 2 is 2.15 bits per heavy atom. The molecule has 1 atom stereocenters. The number of sulfonamides is 1. The van der Waals surface area contributed by atoms with E-state index in [4.69, 9.17) is 4.74 Å². The summed E-state index contributed by atoms with van der Waals surface area (Å²) in [5.74, 6) is 0.513. The number of rotatable bonds is 4. The molecule has 1 aliphatic heterocycles. The van der Waals surface area contributed by atoms with Crippen LogP contribution in [0.25, 0.3) is 0 Å². The zero-order valence-electron chi connectivity index (χ0n) is 11.3. The molecule has 0 amide bonds. The van der Waals surface area contributed by atoms with Gasteiger partial charge in [-0.1, -0.05) is 0 Å². The molecule has 1 aromatic carbocycles. The summed E-state index contributed by atoms with van der Waals surface area (Å²) in [6.45, 7) is 1.55. The Bertz CT molecular complexity index is 562. The second-order valence-electron chi connectivity index (χ2n) is 4.46. The summed E-state index contributed by atoms with van der Waals surface area (Å²) in [5.41, 5.74) is 0. The van der Waals surface area contributed by atoms with Crippen LogP contribution in [-0.4, -0.2) is 46.0 Å². The van der Waals surface area contributed by atoms with Gasteiger partial charge in [0.05, 0.1) is 16.5 Å². The molecule has 1 aromatic rings. The van der Waals surface area contributed by atoms with Crippen LogP contribution in [0.5, 0.6) is 5.75 Å². The van der Waals surface area contributed by atoms with Gasteiger partial charge in [0, 0.05) is 25.7 Å². The van der Waals surface area contributed by atoms with Crippen molar-refractivity contribution in [3.8, 4) is 5.75 Å². The van der Waals surface area contributed by atoms with Crippen molar-refractivity contribution in [2.75, 3.05) is 27.2 Å². The fraction of sp³-hybridized carbons (Fsp3) is 0.500. The van der Waals surface area contributed by atoms with Crippen LogP contribution >= 0.6 is 28.3 Å². The van der Waals surface area contributed by atoms with Crippen molar-refractivity contribution in [2.24, 2.45) is 0 Å². The van der Waals surface area contributed by atoms with Crippen molar-refractivity contribution in [1.29, 1.82) is 0 Å². The van der Waals surface area contributed by atoms with Gasteiger partial charge >= 0.3 is 0 Å². The van der Waals surface area contributed by atoms with Crippen LogP contribution in [0.3, 0.4) is 0 Å². The van der Waals surface area contributed by atoms with Crippen molar-refractivity contribution in [3.63, 3.8) is 0 Å². The smallest absolute Gasteiger partial charge is 0.243 e. The fourth-order valence-electron chi connectivity index (χ4n) is 2.11. The van der Waals surface area contributed by atoms with E-state index in [9.17, 15) is 8.42 Å². The summed E-state index contributed by atoms with van der Waals surface area (Å²) >= 11 is 3.32. The largest absolute Gasteiger partial charge is 0.496 e. The first-order chi connectivity index (χ1) is 8.96. The second kappa shape index (κ2) is 7.09. The molecule has 0 aromatic heterocycles. The number of likely N-dealkylation sites (N-methyl/N-ethyl adjacent to an activating group) is 1. The van der Waals surface area contributed by atoms with Crippen molar-refractivity contribution < 1.29 is 13.2 Å². The number of halogens is 2. The maximum atomic E-state index is 12.5. The Labute approximate surface area is 134 Å². The van der Waals surface area contributed by atoms with Gasteiger partial charge in [-0.05, 0) is 41.0 Å². The van der Waals surface area contributed by atoms with Crippen molar-refractivity contribution in [3.05, 3.63) is 22.7 Å². The third-order valence-electron chi connectivity index (χ3n) is 3.35. The SMILES string of the molecule is COc1cc(S(=O)(=O)N(C)C2CCNC2)ccc1Br.Cl. The molecule has 0 aliphatic carbocycles. The predicted octanol–water partition coefficient (Wildman–Crippen LogP) is 1.86. The molecular formula is C12H18BrClN2O3S. The molecule has 5 nitrogen and oxygen atoms in total. The zero-order valence-corrected chi connectivity index (χ0v) is 14.5. The van der Waals surface area contributed by atoms with Crippen molar-refractivity contribution in [1.82, 2.24) is 9.62 Å². The van der Waals surface area contributed by atoms with E-state index >= 15 is 0 Å². The monoisotopic (exact) mass is 384 g/mol. The van der Waals surface area contributed by atoms with Crippen molar-refractivity contribution in [2.45, 2.75) is 17.4 Å². The third-order valence-corrected chi connectivity index (χ3v) is 5.91. The molecule has 0 radical (unpaired) electrons. The Hall–Kier alpha value is -0.340. The van der Waals surface area contributed by atoms with Gasteiger partial charge < -0.3 is 10.1 Å². The fourth-order valence-corrected chi connectivity index (χ4v) is 3.92. The maximum Gasteiger partial charge on any atom is 0.243 e. The highest BCUT2D eigenvalue weighted by Crippen LogP contribution is 2.29. The molecule has 20 heavy (non-hydrogen) atoms. The zero-order chi connectivity index (χ0) is 14.0. The van der Waals surface area contributed by atoms with Crippen LogP contribution in [0.15, 0.2) is 27.6 Å². The minimum absolute atomic E-state index is 0. The molecule has 1 N–H and O–H groups in total. The summed E-state index contributed by atoms with van der Waals surface area (Å²) in [7, 11) is -0.338. The quantitative estimate of drug-likeness (QED) is 0.859. The standard InChI is InChI=1S/C12H17BrN2O3S.ClH/c1-15(9-5-6-14-8-9)19(16,17)10-3-4-11(13)12(7-10)18-2;/h3-4,7,9,14H,5-6,8H2,1-2H3;1H. The van der Waals surface area contributed by atoms with E-state index in [2.05, 4.69) is 21.2 Å². The van der Waals surface area contributed by atoms with Crippen molar-refractivity contribution >= 4 is 38.4 Å². The summed E-state index contributed by atoms with van der Waals surface area (Å²) in [6.07, 6.45) is 0.837. The molecule has 1 fully saturated rings. The number of benzene rings is 1. The summed E-state index contributed by atoms with van der Waals surface area (Å²) in [6, 6.07) is 4.82. The first-order valence-corrected chi connectivity index (χ1v) is 8.22. The van der Waals surface area contributed by atoms with Crippen LogP contribution in [0, 0.1) is 0 Å². The van der Waals surface area contributed by atoms with Crippen LogP contribution in [-0.2, 0) is 10.0 Å².